The summed E-state index contributed by atoms with van der Waals surface area (Å²) in [5.41, 5.74) is 3.01. The molecule has 2 aromatic rings. The highest BCUT2D eigenvalue weighted by Gasteiger charge is 2.49. The van der Waals surface area contributed by atoms with Crippen molar-refractivity contribution >= 4 is 11.9 Å². The lowest BCUT2D eigenvalue weighted by molar-refractivity contribution is -0.138. The van der Waals surface area contributed by atoms with Crippen LogP contribution >= 0.6 is 0 Å². The molecule has 0 aliphatic carbocycles. The summed E-state index contributed by atoms with van der Waals surface area (Å²) >= 11 is 0. The van der Waals surface area contributed by atoms with Crippen molar-refractivity contribution < 1.29 is 19.4 Å². The van der Waals surface area contributed by atoms with Gasteiger partial charge in [0.15, 0.2) is 0 Å². The molecule has 2 saturated heterocycles. The number of nitrogens with zero attached hydrogens (tertiary/aromatic N) is 6. The first kappa shape index (κ1) is 20.8. The van der Waals surface area contributed by atoms with Crippen molar-refractivity contribution in [1.29, 1.82) is 0 Å². The van der Waals surface area contributed by atoms with Gasteiger partial charge in [-0.15, -0.1) is 5.10 Å². The number of benzene rings is 1. The second-order valence-corrected chi connectivity index (χ2v) is 8.84. The molecule has 168 valence electrons. The molecular weight excluding hydrogens is 412 g/mol. The Hall–Kier alpha value is -3.11. The molecule has 0 radical (unpaired) electrons. The van der Waals surface area contributed by atoms with Crippen molar-refractivity contribution in [3.63, 3.8) is 0 Å². The third kappa shape index (κ3) is 3.69. The van der Waals surface area contributed by atoms with E-state index in [2.05, 4.69) is 20.4 Å². The van der Waals surface area contributed by atoms with Gasteiger partial charge in [0.05, 0.1) is 22.9 Å². The summed E-state index contributed by atoms with van der Waals surface area (Å²) in [4.78, 5) is 28.5. The molecule has 1 amide bonds. The van der Waals surface area contributed by atoms with E-state index < -0.39 is 6.10 Å². The molecule has 2 fully saturated rings. The van der Waals surface area contributed by atoms with Crippen LogP contribution < -0.4 is 0 Å². The number of rotatable bonds is 5. The van der Waals surface area contributed by atoms with Gasteiger partial charge in [-0.2, -0.15) is 0 Å². The van der Waals surface area contributed by atoms with Crippen LogP contribution in [-0.4, -0.2) is 79.8 Å². The Balaban J connectivity index is 1.20. The number of esters is 1. The van der Waals surface area contributed by atoms with Crippen LogP contribution in [0.5, 0.6) is 0 Å². The molecule has 3 aliphatic heterocycles. The number of aliphatic hydroxyl groups excluding tert-OH is 1. The minimum atomic E-state index is -0.616. The molecule has 0 unspecified atom stereocenters. The Morgan fingerprint density at radius 2 is 1.97 bits per heavy atom. The van der Waals surface area contributed by atoms with Crippen LogP contribution in [0, 0.1) is 12.3 Å². The highest BCUT2D eigenvalue weighted by Crippen LogP contribution is 2.43. The highest BCUT2D eigenvalue weighted by atomic mass is 16.5. The molecule has 3 aliphatic rings. The standard InChI is InChI=1S/C22H26N6O4/c1-15-10-16(28-14-23-24-25-28)2-3-18(15)19(29)12-26-7-4-22(5-8-26)6-9-27(21(22)31)17-11-20(30)32-13-17/h2-3,10-11,14,19,29H,4-9,12-13H2,1H3/t19-/m0/s1. The van der Waals surface area contributed by atoms with Gasteiger partial charge in [0.1, 0.15) is 12.9 Å². The molecule has 10 nitrogen and oxygen atoms in total. The molecular formula is C22H26N6O4. The number of hydrogen-bond donors (Lipinski definition) is 1. The van der Waals surface area contributed by atoms with Crippen molar-refractivity contribution in [1.82, 2.24) is 30.0 Å². The molecule has 4 heterocycles. The highest BCUT2D eigenvalue weighted by molar-refractivity contribution is 5.90. The molecule has 10 heteroatoms. The number of amides is 1. The monoisotopic (exact) mass is 438 g/mol. The van der Waals surface area contributed by atoms with Gasteiger partial charge in [0, 0.05) is 19.2 Å². The number of aryl methyl sites for hydroxylation is 1. The number of cyclic esters (lactones) is 1. The number of carbonyl (C=O) groups excluding carboxylic acids is 2. The van der Waals surface area contributed by atoms with Gasteiger partial charge in [-0.3, -0.25) is 4.79 Å². The largest absolute Gasteiger partial charge is 0.456 e. The van der Waals surface area contributed by atoms with Gasteiger partial charge >= 0.3 is 5.97 Å². The minimum absolute atomic E-state index is 0.108. The first-order valence-electron chi connectivity index (χ1n) is 10.9. The number of ether oxygens (including phenoxy) is 1. The van der Waals surface area contributed by atoms with Crippen molar-refractivity contribution in [2.45, 2.75) is 32.3 Å². The van der Waals surface area contributed by atoms with E-state index in [0.29, 0.717) is 18.8 Å². The smallest absolute Gasteiger partial charge is 0.333 e. The first-order valence-corrected chi connectivity index (χ1v) is 10.9. The van der Waals surface area contributed by atoms with E-state index in [1.165, 1.54) is 12.4 Å². The fraction of sp³-hybridized carbons (Fsp3) is 0.500. The van der Waals surface area contributed by atoms with Gasteiger partial charge in [0.2, 0.25) is 5.91 Å². The molecule has 1 atom stereocenters. The van der Waals surface area contributed by atoms with Crippen LogP contribution in [0.1, 0.15) is 36.5 Å². The van der Waals surface area contributed by atoms with Crippen LogP contribution in [-0.2, 0) is 14.3 Å². The minimum Gasteiger partial charge on any atom is -0.456 e. The second-order valence-electron chi connectivity index (χ2n) is 8.84. The van der Waals surface area contributed by atoms with E-state index in [4.69, 9.17) is 4.74 Å². The summed E-state index contributed by atoms with van der Waals surface area (Å²) in [6.07, 6.45) is 4.66. The van der Waals surface area contributed by atoms with Crippen LogP contribution in [0.15, 0.2) is 36.3 Å². The predicted molar refractivity (Wildman–Crippen MR) is 112 cm³/mol. The number of piperidine rings is 1. The number of β-amino-alcohol motifs (C(OH)–C–C–N with tert-alkyl or cyclic N) is 1. The molecule has 1 aromatic carbocycles. The quantitative estimate of drug-likeness (QED) is 0.681. The van der Waals surface area contributed by atoms with E-state index in [-0.39, 0.29) is 23.9 Å². The van der Waals surface area contributed by atoms with Crippen molar-refractivity contribution in [3.8, 4) is 5.69 Å². The zero-order valence-corrected chi connectivity index (χ0v) is 18.0. The second kappa shape index (κ2) is 8.10. The predicted octanol–water partition coefficient (Wildman–Crippen LogP) is 0.759. The van der Waals surface area contributed by atoms with Crippen LogP contribution in [0.3, 0.4) is 0 Å². The molecule has 1 aromatic heterocycles. The normalized spacial score (nSPS) is 21.8. The third-order valence-electron chi connectivity index (χ3n) is 6.98. The maximum atomic E-state index is 13.1. The molecule has 32 heavy (non-hydrogen) atoms. The average Bonchev–Trinajstić information content (AvgIpc) is 3.52. The lowest BCUT2D eigenvalue weighted by atomic mass is 9.77. The Morgan fingerprint density at radius 3 is 2.62 bits per heavy atom. The SMILES string of the molecule is Cc1cc(-n2cnnn2)ccc1[C@@H](O)CN1CCC2(CC1)CCN(C1=CC(=O)OC1)C2=O. The lowest BCUT2D eigenvalue weighted by Crippen LogP contribution is -2.45. The summed E-state index contributed by atoms with van der Waals surface area (Å²) < 4.78 is 6.55. The van der Waals surface area contributed by atoms with Crippen molar-refractivity contribution in [2.75, 3.05) is 32.8 Å². The Morgan fingerprint density at radius 1 is 1.19 bits per heavy atom. The van der Waals surface area contributed by atoms with Crippen LogP contribution in [0.25, 0.3) is 5.69 Å². The molecule has 1 N–H and O–H groups in total. The number of carbonyl (C=O) groups is 2. The van der Waals surface area contributed by atoms with Gasteiger partial charge in [0.25, 0.3) is 0 Å². The van der Waals surface area contributed by atoms with E-state index >= 15 is 0 Å². The first-order chi connectivity index (χ1) is 15.4. The van der Waals surface area contributed by atoms with E-state index in [1.54, 1.807) is 9.58 Å². The van der Waals surface area contributed by atoms with Crippen molar-refractivity contribution in [3.05, 3.63) is 47.4 Å². The average molecular weight is 438 g/mol. The Kier molecular flexibility index (Phi) is 5.26. The summed E-state index contributed by atoms with van der Waals surface area (Å²) in [6.45, 7) is 4.82. The Labute approximate surface area is 185 Å². The summed E-state index contributed by atoms with van der Waals surface area (Å²) in [5.74, 6) is -0.268. The number of tetrazole rings is 1. The topological polar surface area (TPSA) is 114 Å². The van der Waals surface area contributed by atoms with Gasteiger partial charge in [-0.05, 0) is 73.0 Å². The third-order valence-corrected chi connectivity index (χ3v) is 6.98. The molecule has 0 saturated carbocycles. The zero-order valence-electron chi connectivity index (χ0n) is 18.0. The fourth-order valence-corrected chi connectivity index (χ4v) is 5.04. The lowest BCUT2D eigenvalue weighted by Gasteiger charge is -2.38. The number of hydrogen-bond acceptors (Lipinski definition) is 8. The molecule has 5 rings (SSSR count). The van der Waals surface area contributed by atoms with Gasteiger partial charge in [-0.25, -0.2) is 9.48 Å². The summed E-state index contributed by atoms with van der Waals surface area (Å²) in [6, 6.07) is 5.77. The fourth-order valence-electron chi connectivity index (χ4n) is 5.04. The number of likely N-dealkylation sites (tertiary alicyclic amines) is 2. The van der Waals surface area contributed by atoms with E-state index in [0.717, 1.165) is 49.2 Å². The van der Waals surface area contributed by atoms with Gasteiger partial charge in [-0.1, -0.05) is 6.07 Å². The molecule has 1 spiro atoms. The van der Waals surface area contributed by atoms with Crippen LogP contribution in [0.2, 0.25) is 0 Å². The van der Waals surface area contributed by atoms with E-state index in [9.17, 15) is 14.7 Å². The number of aliphatic hydroxyl groups is 1. The van der Waals surface area contributed by atoms with Gasteiger partial charge < -0.3 is 19.6 Å². The zero-order chi connectivity index (χ0) is 22.3. The Bertz CT molecular complexity index is 1060. The summed E-state index contributed by atoms with van der Waals surface area (Å²) in [5, 5.41) is 22.1. The van der Waals surface area contributed by atoms with Crippen LogP contribution in [0.4, 0.5) is 0 Å². The summed E-state index contributed by atoms with van der Waals surface area (Å²) in [7, 11) is 0. The number of aromatic nitrogens is 4. The maximum Gasteiger partial charge on any atom is 0.333 e. The maximum absolute atomic E-state index is 13.1. The van der Waals surface area contributed by atoms with E-state index in [1.807, 2.05) is 25.1 Å². The van der Waals surface area contributed by atoms with Crippen molar-refractivity contribution in [2.24, 2.45) is 5.41 Å². The molecule has 0 bridgehead atoms.